The van der Waals surface area contributed by atoms with Gasteiger partial charge >= 0.3 is 0 Å². The molecular weight excluding hydrogens is 226 g/mol. The predicted octanol–water partition coefficient (Wildman–Crippen LogP) is 3.12. The number of aromatic amines is 1. The molecule has 0 aliphatic rings. The summed E-state index contributed by atoms with van der Waals surface area (Å²) in [6, 6.07) is 11.4. The van der Waals surface area contributed by atoms with Crippen LogP contribution >= 0.6 is 0 Å². The number of aromatic nitrogens is 2. The van der Waals surface area contributed by atoms with Crippen LogP contribution < -0.4 is 5.32 Å². The van der Waals surface area contributed by atoms with Gasteiger partial charge in [-0.05, 0) is 18.2 Å². The third-order valence-corrected chi connectivity index (χ3v) is 2.81. The number of fused-ring (bicyclic) bond motifs is 1. The molecule has 18 heavy (non-hydrogen) atoms. The van der Waals surface area contributed by atoms with Crippen molar-refractivity contribution in [3.8, 4) is 0 Å². The Hall–Kier alpha value is -2.62. The first-order chi connectivity index (χ1) is 8.88. The second-order valence-corrected chi connectivity index (χ2v) is 3.94. The van der Waals surface area contributed by atoms with E-state index >= 15 is 0 Å². The van der Waals surface area contributed by atoms with Gasteiger partial charge < -0.3 is 10.3 Å². The molecule has 0 spiro atoms. The highest BCUT2D eigenvalue weighted by Gasteiger charge is 2.10. The molecule has 2 heterocycles. The highest BCUT2D eigenvalue weighted by atomic mass is 16.1. The van der Waals surface area contributed by atoms with Crippen molar-refractivity contribution in [2.45, 2.75) is 0 Å². The average Bonchev–Trinajstić information content (AvgIpc) is 2.77. The molecule has 0 fully saturated rings. The number of carbonyl (C=O) groups excluding carboxylic acids is 1. The van der Waals surface area contributed by atoms with E-state index in [0.29, 0.717) is 11.4 Å². The number of aldehydes is 1. The van der Waals surface area contributed by atoms with Crippen LogP contribution in [-0.4, -0.2) is 16.3 Å². The zero-order chi connectivity index (χ0) is 12.4. The molecule has 0 atom stereocenters. The van der Waals surface area contributed by atoms with Crippen molar-refractivity contribution in [3.63, 3.8) is 0 Å². The van der Waals surface area contributed by atoms with Crippen molar-refractivity contribution >= 4 is 28.7 Å². The lowest BCUT2D eigenvalue weighted by atomic mass is 10.2. The number of carbonyl (C=O) groups is 1. The summed E-state index contributed by atoms with van der Waals surface area (Å²) < 4.78 is 0. The van der Waals surface area contributed by atoms with Crippen LogP contribution in [0.2, 0.25) is 0 Å². The summed E-state index contributed by atoms with van der Waals surface area (Å²) in [5, 5.41) is 4.11. The summed E-state index contributed by atoms with van der Waals surface area (Å²) in [5.74, 6) is 0.706. The molecule has 88 valence electrons. The van der Waals surface area contributed by atoms with Gasteiger partial charge in [-0.25, -0.2) is 0 Å². The fourth-order valence-electron chi connectivity index (χ4n) is 1.96. The van der Waals surface area contributed by atoms with Gasteiger partial charge in [0.15, 0.2) is 6.29 Å². The summed E-state index contributed by atoms with van der Waals surface area (Å²) in [5.41, 5.74) is 2.47. The Morgan fingerprint density at radius 1 is 1.11 bits per heavy atom. The second-order valence-electron chi connectivity index (χ2n) is 3.94. The largest absolute Gasteiger partial charge is 0.341 e. The molecule has 0 amide bonds. The number of hydrogen-bond donors (Lipinski definition) is 2. The SMILES string of the molecule is O=Cc1c(Nc2ccncc2)[nH]c2ccccc12. The Kier molecular flexibility index (Phi) is 2.53. The molecule has 0 saturated heterocycles. The number of para-hydroxylation sites is 1. The van der Waals surface area contributed by atoms with E-state index in [2.05, 4.69) is 15.3 Å². The van der Waals surface area contributed by atoms with Crippen LogP contribution in [0.25, 0.3) is 10.9 Å². The van der Waals surface area contributed by atoms with Crippen molar-refractivity contribution < 1.29 is 4.79 Å². The number of pyridine rings is 1. The highest BCUT2D eigenvalue weighted by molar-refractivity contribution is 6.03. The summed E-state index contributed by atoms with van der Waals surface area (Å²) in [6.07, 6.45) is 4.26. The number of nitrogens with zero attached hydrogens (tertiary/aromatic N) is 1. The van der Waals surface area contributed by atoms with Gasteiger partial charge in [0, 0.05) is 29.0 Å². The topological polar surface area (TPSA) is 57.8 Å². The van der Waals surface area contributed by atoms with E-state index < -0.39 is 0 Å². The molecular formula is C14H11N3O. The van der Waals surface area contributed by atoms with Crippen LogP contribution in [0.3, 0.4) is 0 Å². The van der Waals surface area contributed by atoms with Gasteiger partial charge in [0.1, 0.15) is 5.82 Å². The van der Waals surface area contributed by atoms with E-state index in [0.717, 1.165) is 22.9 Å². The number of nitrogens with one attached hydrogen (secondary N) is 2. The van der Waals surface area contributed by atoms with Gasteiger partial charge in [0.05, 0.1) is 5.56 Å². The van der Waals surface area contributed by atoms with Crippen molar-refractivity contribution in [3.05, 3.63) is 54.4 Å². The monoisotopic (exact) mass is 237 g/mol. The molecule has 4 heteroatoms. The third-order valence-electron chi connectivity index (χ3n) is 2.81. The number of anilines is 2. The second kappa shape index (κ2) is 4.33. The molecule has 2 aromatic heterocycles. The summed E-state index contributed by atoms with van der Waals surface area (Å²) >= 11 is 0. The Morgan fingerprint density at radius 2 is 1.89 bits per heavy atom. The van der Waals surface area contributed by atoms with Crippen LogP contribution in [0.5, 0.6) is 0 Å². The molecule has 0 radical (unpaired) electrons. The maximum absolute atomic E-state index is 11.2. The Morgan fingerprint density at radius 3 is 2.67 bits per heavy atom. The maximum Gasteiger partial charge on any atom is 0.154 e. The molecule has 3 rings (SSSR count). The van der Waals surface area contributed by atoms with Gasteiger partial charge in [-0.1, -0.05) is 18.2 Å². The Bertz CT molecular complexity index is 689. The minimum absolute atomic E-state index is 0.641. The Balaban J connectivity index is 2.09. The van der Waals surface area contributed by atoms with Gasteiger partial charge in [-0.3, -0.25) is 9.78 Å². The molecule has 2 N–H and O–H groups in total. The fraction of sp³-hybridized carbons (Fsp3) is 0. The highest BCUT2D eigenvalue weighted by Crippen LogP contribution is 2.26. The van der Waals surface area contributed by atoms with Crippen LogP contribution in [-0.2, 0) is 0 Å². The molecule has 0 unspecified atom stereocenters. The first-order valence-corrected chi connectivity index (χ1v) is 5.61. The number of benzene rings is 1. The number of hydrogen-bond acceptors (Lipinski definition) is 3. The minimum atomic E-state index is 0.641. The average molecular weight is 237 g/mol. The molecule has 3 aromatic rings. The number of H-pyrrole nitrogens is 1. The summed E-state index contributed by atoms with van der Waals surface area (Å²) in [7, 11) is 0. The fourth-order valence-corrected chi connectivity index (χ4v) is 1.96. The minimum Gasteiger partial charge on any atom is -0.341 e. The van der Waals surface area contributed by atoms with Crippen molar-refractivity contribution in [1.29, 1.82) is 0 Å². The smallest absolute Gasteiger partial charge is 0.154 e. The molecule has 0 aliphatic heterocycles. The van der Waals surface area contributed by atoms with E-state index in [1.54, 1.807) is 12.4 Å². The van der Waals surface area contributed by atoms with E-state index in [4.69, 9.17) is 0 Å². The lowest BCUT2D eigenvalue weighted by Crippen LogP contribution is -1.93. The molecule has 0 saturated carbocycles. The molecule has 0 aliphatic carbocycles. The van der Waals surface area contributed by atoms with Crippen LogP contribution in [0.1, 0.15) is 10.4 Å². The van der Waals surface area contributed by atoms with Crippen molar-refractivity contribution in [2.75, 3.05) is 5.32 Å². The lowest BCUT2D eigenvalue weighted by molar-refractivity contribution is 0.112. The number of rotatable bonds is 3. The van der Waals surface area contributed by atoms with Crippen molar-refractivity contribution in [2.24, 2.45) is 0 Å². The van der Waals surface area contributed by atoms with Gasteiger partial charge in [0.2, 0.25) is 0 Å². The van der Waals surface area contributed by atoms with Gasteiger partial charge in [-0.15, -0.1) is 0 Å². The van der Waals surface area contributed by atoms with Gasteiger partial charge in [-0.2, -0.15) is 0 Å². The van der Waals surface area contributed by atoms with E-state index in [1.165, 1.54) is 0 Å². The zero-order valence-electron chi connectivity index (χ0n) is 9.55. The van der Waals surface area contributed by atoms with Crippen LogP contribution in [0.15, 0.2) is 48.8 Å². The molecule has 4 nitrogen and oxygen atoms in total. The summed E-state index contributed by atoms with van der Waals surface area (Å²) in [6.45, 7) is 0. The van der Waals surface area contributed by atoms with Gasteiger partial charge in [0.25, 0.3) is 0 Å². The predicted molar refractivity (Wildman–Crippen MR) is 71.2 cm³/mol. The van der Waals surface area contributed by atoms with E-state index in [9.17, 15) is 4.79 Å². The van der Waals surface area contributed by atoms with Crippen LogP contribution in [0, 0.1) is 0 Å². The quantitative estimate of drug-likeness (QED) is 0.688. The Labute approximate surface area is 104 Å². The maximum atomic E-state index is 11.2. The molecule has 1 aromatic carbocycles. The zero-order valence-corrected chi connectivity index (χ0v) is 9.55. The van der Waals surface area contributed by atoms with Crippen LogP contribution in [0.4, 0.5) is 11.5 Å². The van der Waals surface area contributed by atoms with E-state index in [1.807, 2.05) is 36.4 Å². The molecule has 0 bridgehead atoms. The third kappa shape index (κ3) is 1.73. The normalized spacial score (nSPS) is 10.4. The lowest BCUT2D eigenvalue weighted by Gasteiger charge is -2.03. The summed E-state index contributed by atoms with van der Waals surface area (Å²) in [4.78, 5) is 18.4. The first-order valence-electron chi connectivity index (χ1n) is 5.61. The standard InChI is InChI=1S/C14H11N3O/c18-9-12-11-3-1-2-4-13(11)17-14(12)16-10-5-7-15-8-6-10/h1-9,17H,(H,15,16). The van der Waals surface area contributed by atoms with Crippen molar-refractivity contribution in [1.82, 2.24) is 9.97 Å². The first kappa shape index (κ1) is 10.5. The van der Waals surface area contributed by atoms with E-state index in [-0.39, 0.29) is 0 Å².